The van der Waals surface area contributed by atoms with E-state index in [1.165, 1.54) is 19.2 Å². The number of halogens is 1. The molecule has 2 aromatic rings. The van der Waals surface area contributed by atoms with E-state index in [1.54, 1.807) is 12.1 Å². The van der Waals surface area contributed by atoms with Gasteiger partial charge in [0.2, 0.25) is 10.0 Å². The molecule has 1 N–H and O–H groups in total. The lowest BCUT2D eigenvalue weighted by molar-refractivity contribution is -0.140. The van der Waals surface area contributed by atoms with Crippen molar-refractivity contribution in [3.8, 4) is 0 Å². The minimum atomic E-state index is -3.69. The van der Waals surface area contributed by atoms with Crippen LogP contribution >= 0.6 is 11.6 Å². The molecule has 0 heterocycles. The predicted octanol–water partition coefficient (Wildman–Crippen LogP) is 6.07. The summed E-state index contributed by atoms with van der Waals surface area (Å²) in [6, 6.07) is 13.8. The van der Waals surface area contributed by atoms with Crippen molar-refractivity contribution >= 4 is 27.6 Å². The number of hydrogen-bond donors (Lipinski definition) is 1. The van der Waals surface area contributed by atoms with Gasteiger partial charge in [-0.15, -0.1) is 0 Å². The first-order chi connectivity index (χ1) is 15.0. The summed E-state index contributed by atoms with van der Waals surface area (Å²) in [5, 5.41) is 0.494. The number of methoxy groups -OCH3 is 1. The van der Waals surface area contributed by atoms with E-state index in [1.807, 2.05) is 24.3 Å². The van der Waals surface area contributed by atoms with Crippen molar-refractivity contribution in [1.29, 1.82) is 0 Å². The molecule has 0 aliphatic rings. The average molecular weight is 480 g/mol. The zero-order valence-electron chi connectivity index (χ0n) is 19.4. The standard InChI is InChI=1S/C25H34ClNO4S/c1-25(2,3)18-6-8-23(27-32(29,30)22-16-14-21(26)15-17-22)20-12-10-19(11-13-20)7-5-9-24(28)31-4/h10-17,23,27H,5-9,18H2,1-4H3. The van der Waals surface area contributed by atoms with Crippen molar-refractivity contribution in [2.24, 2.45) is 5.41 Å². The molecular weight excluding hydrogens is 446 g/mol. The second kappa shape index (κ2) is 11.8. The molecule has 0 radical (unpaired) electrons. The number of hydrogen-bond acceptors (Lipinski definition) is 4. The van der Waals surface area contributed by atoms with Gasteiger partial charge in [-0.05, 0) is 66.5 Å². The Hall–Kier alpha value is -1.89. The summed E-state index contributed by atoms with van der Waals surface area (Å²) in [5.74, 6) is -0.211. The molecule has 0 aromatic heterocycles. The Morgan fingerprint density at radius 1 is 1.03 bits per heavy atom. The molecule has 1 atom stereocenters. The number of carbonyl (C=O) groups is 1. The Bertz CT molecular complexity index is 964. The van der Waals surface area contributed by atoms with Gasteiger partial charge >= 0.3 is 5.97 Å². The van der Waals surface area contributed by atoms with E-state index in [-0.39, 0.29) is 22.3 Å². The Morgan fingerprint density at radius 3 is 2.22 bits per heavy atom. The van der Waals surface area contributed by atoms with Gasteiger partial charge in [0.25, 0.3) is 0 Å². The lowest BCUT2D eigenvalue weighted by Gasteiger charge is -2.23. The summed E-state index contributed by atoms with van der Waals surface area (Å²) >= 11 is 5.91. The number of carbonyl (C=O) groups excluding carboxylic acids is 1. The van der Waals surface area contributed by atoms with Crippen LogP contribution in [0, 0.1) is 5.41 Å². The van der Waals surface area contributed by atoms with Crippen LogP contribution in [0.25, 0.3) is 0 Å². The fourth-order valence-corrected chi connectivity index (χ4v) is 4.84. The molecule has 2 rings (SSSR count). The Kier molecular flexibility index (Phi) is 9.74. The van der Waals surface area contributed by atoms with Gasteiger partial charge in [-0.25, -0.2) is 13.1 Å². The molecular formula is C25H34ClNO4S. The number of esters is 1. The minimum absolute atomic E-state index is 0.184. The largest absolute Gasteiger partial charge is 0.469 e. The maximum absolute atomic E-state index is 13.0. The average Bonchev–Trinajstić information content (AvgIpc) is 2.73. The molecule has 0 aliphatic heterocycles. The van der Waals surface area contributed by atoms with Crippen molar-refractivity contribution in [3.63, 3.8) is 0 Å². The summed E-state index contributed by atoms with van der Waals surface area (Å²) in [6.45, 7) is 6.55. The third-order valence-corrected chi connectivity index (χ3v) is 7.04. The fraction of sp³-hybridized carbons (Fsp3) is 0.480. The predicted molar refractivity (Wildman–Crippen MR) is 129 cm³/mol. The van der Waals surface area contributed by atoms with Gasteiger partial charge in [0.1, 0.15) is 0 Å². The van der Waals surface area contributed by atoms with E-state index < -0.39 is 10.0 Å². The van der Waals surface area contributed by atoms with Crippen LogP contribution in [-0.4, -0.2) is 21.5 Å². The molecule has 1 unspecified atom stereocenters. The van der Waals surface area contributed by atoms with Crippen molar-refractivity contribution in [3.05, 3.63) is 64.7 Å². The smallest absolute Gasteiger partial charge is 0.305 e. The molecule has 32 heavy (non-hydrogen) atoms. The molecule has 0 saturated carbocycles. The van der Waals surface area contributed by atoms with Crippen LogP contribution in [0.1, 0.15) is 70.0 Å². The first kappa shape index (κ1) is 26.4. The van der Waals surface area contributed by atoms with Crippen LogP contribution in [0.15, 0.2) is 53.4 Å². The van der Waals surface area contributed by atoms with Crippen LogP contribution in [0.5, 0.6) is 0 Å². The lowest BCUT2D eigenvalue weighted by Crippen LogP contribution is -2.29. The SMILES string of the molecule is COC(=O)CCCc1ccc(C(CCCC(C)(C)C)NS(=O)(=O)c2ccc(Cl)cc2)cc1. The van der Waals surface area contributed by atoms with Crippen molar-refractivity contribution in [2.45, 2.75) is 70.2 Å². The quantitative estimate of drug-likeness (QED) is 0.397. The summed E-state index contributed by atoms with van der Waals surface area (Å²) in [5.41, 5.74) is 2.21. The van der Waals surface area contributed by atoms with E-state index in [2.05, 4.69) is 30.2 Å². The maximum Gasteiger partial charge on any atom is 0.305 e. The summed E-state index contributed by atoms with van der Waals surface area (Å²) in [7, 11) is -2.30. The van der Waals surface area contributed by atoms with Gasteiger partial charge in [0.05, 0.1) is 12.0 Å². The third kappa shape index (κ3) is 8.93. The summed E-state index contributed by atoms with van der Waals surface area (Å²) in [4.78, 5) is 11.5. The molecule has 0 aliphatic carbocycles. The van der Waals surface area contributed by atoms with Crippen molar-refractivity contribution in [1.82, 2.24) is 4.72 Å². The van der Waals surface area contributed by atoms with Crippen molar-refractivity contribution in [2.75, 3.05) is 7.11 Å². The minimum Gasteiger partial charge on any atom is -0.469 e. The molecule has 176 valence electrons. The normalized spacial score (nSPS) is 13.0. The van der Waals surface area contributed by atoms with Gasteiger partial charge < -0.3 is 4.74 Å². The van der Waals surface area contributed by atoms with Crippen molar-refractivity contribution < 1.29 is 17.9 Å². The number of ether oxygens (including phenoxy) is 1. The fourth-order valence-electron chi connectivity index (χ4n) is 3.45. The molecule has 0 amide bonds. The first-order valence-corrected chi connectivity index (χ1v) is 12.8. The van der Waals surface area contributed by atoms with Gasteiger partial charge in [-0.3, -0.25) is 4.79 Å². The molecule has 5 nitrogen and oxygen atoms in total. The second-order valence-corrected chi connectivity index (χ2v) is 11.4. The Balaban J connectivity index is 2.15. The highest BCUT2D eigenvalue weighted by molar-refractivity contribution is 7.89. The first-order valence-electron chi connectivity index (χ1n) is 10.9. The Morgan fingerprint density at radius 2 is 1.66 bits per heavy atom. The number of sulfonamides is 1. The highest BCUT2D eigenvalue weighted by Gasteiger charge is 2.22. The lowest BCUT2D eigenvalue weighted by atomic mass is 9.88. The van der Waals surface area contributed by atoms with Crippen LogP contribution < -0.4 is 4.72 Å². The maximum atomic E-state index is 13.0. The molecule has 0 saturated heterocycles. The number of benzene rings is 2. The zero-order chi connectivity index (χ0) is 23.8. The molecule has 0 bridgehead atoms. The topological polar surface area (TPSA) is 72.5 Å². The molecule has 0 spiro atoms. The van der Waals surface area contributed by atoms with E-state index in [0.717, 1.165) is 30.4 Å². The van der Waals surface area contributed by atoms with E-state index in [0.29, 0.717) is 24.3 Å². The highest BCUT2D eigenvalue weighted by Crippen LogP contribution is 2.28. The van der Waals surface area contributed by atoms with Gasteiger partial charge in [-0.1, -0.05) is 63.1 Å². The van der Waals surface area contributed by atoms with E-state index >= 15 is 0 Å². The van der Waals surface area contributed by atoms with Crippen LogP contribution in [0.2, 0.25) is 5.02 Å². The number of nitrogens with one attached hydrogen (secondary N) is 1. The van der Waals surface area contributed by atoms with Gasteiger partial charge in [0, 0.05) is 17.5 Å². The summed E-state index contributed by atoms with van der Waals surface area (Å²) < 4.78 is 33.5. The monoisotopic (exact) mass is 479 g/mol. The zero-order valence-corrected chi connectivity index (χ0v) is 20.9. The summed E-state index contributed by atoms with van der Waals surface area (Å²) in [6.07, 6.45) is 4.46. The molecule has 7 heteroatoms. The van der Waals surface area contributed by atoms with Crippen LogP contribution in [0.3, 0.4) is 0 Å². The van der Waals surface area contributed by atoms with Crippen LogP contribution in [0.4, 0.5) is 0 Å². The molecule has 2 aromatic carbocycles. The van der Waals surface area contributed by atoms with Crippen LogP contribution in [-0.2, 0) is 26.0 Å². The van der Waals surface area contributed by atoms with Gasteiger partial charge in [-0.2, -0.15) is 0 Å². The number of rotatable bonds is 11. The second-order valence-electron chi connectivity index (χ2n) is 9.25. The van der Waals surface area contributed by atoms with Gasteiger partial charge in [0.15, 0.2) is 0 Å². The Labute approximate surface area is 197 Å². The number of aryl methyl sites for hydroxylation is 1. The third-order valence-electron chi connectivity index (χ3n) is 5.30. The molecule has 0 fully saturated rings. The van der Waals surface area contributed by atoms with E-state index in [4.69, 9.17) is 11.6 Å². The highest BCUT2D eigenvalue weighted by atomic mass is 35.5. The van der Waals surface area contributed by atoms with E-state index in [9.17, 15) is 13.2 Å².